The van der Waals surface area contributed by atoms with E-state index in [1.54, 1.807) is 11.3 Å². The Morgan fingerprint density at radius 3 is 2.47 bits per heavy atom. The summed E-state index contributed by atoms with van der Waals surface area (Å²) in [4.78, 5) is 0.946. The van der Waals surface area contributed by atoms with Gasteiger partial charge in [0.15, 0.2) is 5.15 Å². The molecule has 5 heteroatoms. The largest absolute Gasteiger partial charge is 0.154 e. The summed E-state index contributed by atoms with van der Waals surface area (Å²) in [5.74, 6) is 0. The van der Waals surface area contributed by atoms with Crippen LogP contribution in [0.3, 0.4) is 0 Å². The highest BCUT2D eigenvalue weighted by atomic mass is 35.5. The minimum Gasteiger partial charge on any atom is -0.148 e. The number of hydrogen-bond donors (Lipinski definition) is 0. The zero-order chi connectivity index (χ0) is 11.0. The minimum absolute atomic E-state index is 0.448. The highest BCUT2D eigenvalue weighted by molar-refractivity contribution is 7.14. The third kappa shape index (κ3) is 1.87. The van der Waals surface area contributed by atoms with Gasteiger partial charge in [0.2, 0.25) is 0 Å². The quantitative estimate of drug-likeness (QED) is 0.769. The SMILES string of the molecule is Cc1c(Cl)nnc(-c2sccc2Cl)c1C. The molecule has 0 aliphatic rings. The third-order valence-electron chi connectivity index (χ3n) is 2.30. The summed E-state index contributed by atoms with van der Waals surface area (Å²) < 4.78 is 0. The van der Waals surface area contributed by atoms with E-state index in [4.69, 9.17) is 23.2 Å². The molecule has 0 atom stereocenters. The molecule has 0 saturated heterocycles. The van der Waals surface area contributed by atoms with Crippen LogP contribution in [0.15, 0.2) is 11.4 Å². The predicted octanol–water partition coefficient (Wildman–Crippen LogP) is 4.13. The second-order valence-electron chi connectivity index (χ2n) is 3.19. The number of thiophene rings is 1. The maximum atomic E-state index is 6.05. The second-order valence-corrected chi connectivity index (χ2v) is 4.87. The van der Waals surface area contributed by atoms with E-state index in [0.717, 1.165) is 21.7 Å². The standard InChI is InChI=1S/C10H8Cl2N2S/c1-5-6(2)10(12)14-13-8(5)9-7(11)3-4-15-9/h3-4H,1-2H3. The van der Waals surface area contributed by atoms with Crippen molar-refractivity contribution in [3.05, 3.63) is 32.7 Å². The molecule has 0 saturated carbocycles. The van der Waals surface area contributed by atoms with E-state index in [0.29, 0.717) is 10.2 Å². The lowest BCUT2D eigenvalue weighted by Gasteiger charge is -2.06. The van der Waals surface area contributed by atoms with E-state index in [1.165, 1.54) is 0 Å². The van der Waals surface area contributed by atoms with Gasteiger partial charge in [0.25, 0.3) is 0 Å². The molecule has 0 aliphatic carbocycles. The molecule has 2 rings (SSSR count). The van der Waals surface area contributed by atoms with Crippen LogP contribution in [-0.2, 0) is 0 Å². The molecule has 78 valence electrons. The van der Waals surface area contributed by atoms with Crippen molar-refractivity contribution < 1.29 is 0 Å². The van der Waals surface area contributed by atoms with Crippen molar-refractivity contribution in [2.24, 2.45) is 0 Å². The van der Waals surface area contributed by atoms with Crippen LogP contribution in [0.2, 0.25) is 10.2 Å². The molecule has 0 amide bonds. The predicted molar refractivity (Wildman–Crippen MR) is 64.8 cm³/mol. The molecule has 0 bridgehead atoms. The van der Waals surface area contributed by atoms with Crippen molar-refractivity contribution in [1.29, 1.82) is 0 Å². The zero-order valence-electron chi connectivity index (χ0n) is 8.21. The average molecular weight is 259 g/mol. The Morgan fingerprint density at radius 2 is 1.87 bits per heavy atom. The molecule has 0 aliphatic heterocycles. The van der Waals surface area contributed by atoms with Crippen molar-refractivity contribution in [2.45, 2.75) is 13.8 Å². The topological polar surface area (TPSA) is 25.8 Å². The molecule has 15 heavy (non-hydrogen) atoms. The lowest BCUT2D eigenvalue weighted by atomic mass is 10.1. The summed E-state index contributed by atoms with van der Waals surface area (Å²) in [6, 6.07) is 1.85. The first-order valence-electron chi connectivity index (χ1n) is 4.34. The maximum absolute atomic E-state index is 6.05. The van der Waals surface area contributed by atoms with Crippen molar-refractivity contribution in [3.63, 3.8) is 0 Å². The van der Waals surface area contributed by atoms with Crippen LogP contribution in [0.1, 0.15) is 11.1 Å². The average Bonchev–Trinajstić information content (AvgIpc) is 2.62. The van der Waals surface area contributed by atoms with Gasteiger partial charge in [-0.2, -0.15) is 0 Å². The minimum atomic E-state index is 0.448. The van der Waals surface area contributed by atoms with Gasteiger partial charge in [-0.15, -0.1) is 21.5 Å². The van der Waals surface area contributed by atoms with Gasteiger partial charge in [-0.1, -0.05) is 23.2 Å². The number of aromatic nitrogens is 2. The Hall–Kier alpha value is -0.640. The molecular weight excluding hydrogens is 251 g/mol. The molecule has 2 aromatic rings. The fourth-order valence-corrected chi connectivity index (χ4v) is 2.62. The third-order valence-corrected chi connectivity index (χ3v) is 4.00. The van der Waals surface area contributed by atoms with E-state index < -0.39 is 0 Å². The summed E-state index contributed by atoms with van der Waals surface area (Å²) in [7, 11) is 0. The Kier molecular flexibility index (Phi) is 2.96. The normalized spacial score (nSPS) is 10.7. The Balaban J connectivity index is 2.65. The number of nitrogens with zero attached hydrogens (tertiary/aromatic N) is 2. The summed E-state index contributed by atoms with van der Waals surface area (Å²) in [5, 5.41) is 11.1. The highest BCUT2D eigenvalue weighted by Gasteiger charge is 2.13. The van der Waals surface area contributed by atoms with Gasteiger partial charge in [0, 0.05) is 0 Å². The Labute approximate surface area is 102 Å². The van der Waals surface area contributed by atoms with E-state index in [1.807, 2.05) is 25.3 Å². The number of hydrogen-bond acceptors (Lipinski definition) is 3. The monoisotopic (exact) mass is 258 g/mol. The van der Waals surface area contributed by atoms with Crippen LogP contribution >= 0.6 is 34.5 Å². The van der Waals surface area contributed by atoms with E-state index in [-0.39, 0.29) is 0 Å². The molecule has 2 heterocycles. The van der Waals surface area contributed by atoms with Gasteiger partial charge < -0.3 is 0 Å². The Bertz CT molecular complexity index is 508. The number of rotatable bonds is 1. The van der Waals surface area contributed by atoms with E-state index in [9.17, 15) is 0 Å². The molecule has 0 radical (unpaired) electrons. The van der Waals surface area contributed by atoms with Crippen molar-refractivity contribution >= 4 is 34.5 Å². The molecule has 0 fully saturated rings. The van der Waals surface area contributed by atoms with Gasteiger partial charge in [-0.05, 0) is 36.4 Å². The lowest BCUT2D eigenvalue weighted by molar-refractivity contribution is 1.01. The van der Waals surface area contributed by atoms with Crippen LogP contribution in [0.4, 0.5) is 0 Å². The summed E-state index contributed by atoms with van der Waals surface area (Å²) in [5.41, 5.74) is 2.79. The smallest absolute Gasteiger partial charge is 0.148 e. The maximum Gasteiger partial charge on any atom is 0.154 e. The summed E-state index contributed by atoms with van der Waals surface area (Å²) >= 11 is 13.5. The second kappa shape index (κ2) is 4.08. The fourth-order valence-electron chi connectivity index (χ4n) is 1.25. The highest BCUT2D eigenvalue weighted by Crippen LogP contribution is 2.35. The van der Waals surface area contributed by atoms with E-state index in [2.05, 4.69) is 10.2 Å². The molecule has 2 nitrogen and oxygen atoms in total. The van der Waals surface area contributed by atoms with Gasteiger partial charge in [0.05, 0.1) is 9.90 Å². The van der Waals surface area contributed by atoms with Gasteiger partial charge >= 0.3 is 0 Å². The summed E-state index contributed by atoms with van der Waals surface area (Å²) in [6.45, 7) is 3.90. The molecule has 2 aromatic heterocycles. The first kappa shape index (κ1) is 10.9. The molecule has 0 aromatic carbocycles. The fraction of sp³-hybridized carbons (Fsp3) is 0.200. The number of halogens is 2. The molecule has 0 unspecified atom stereocenters. The van der Waals surface area contributed by atoms with Crippen molar-refractivity contribution in [3.8, 4) is 10.6 Å². The first-order chi connectivity index (χ1) is 7.11. The van der Waals surface area contributed by atoms with Crippen molar-refractivity contribution in [2.75, 3.05) is 0 Å². The molecular formula is C10H8Cl2N2S. The zero-order valence-corrected chi connectivity index (χ0v) is 10.5. The van der Waals surface area contributed by atoms with Gasteiger partial charge in [-0.25, -0.2) is 0 Å². The van der Waals surface area contributed by atoms with Crippen LogP contribution in [0.25, 0.3) is 10.6 Å². The van der Waals surface area contributed by atoms with Crippen LogP contribution in [0, 0.1) is 13.8 Å². The van der Waals surface area contributed by atoms with Crippen LogP contribution in [-0.4, -0.2) is 10.2 Å². The van der Waals surface area contributed by atoms with Crippen molar-refractivity contribution in [1.82, 2.24) is 10.2 Å². The van der Waals surface area contributed by atoms with Crippen LogP contribution in [0.5, 0.6) is 0 Å². The van der Waals surface area contributed by atoms with Crippen LogP contribution < -0.4 is 0 Å². The van der Waals surface area contributed by atoms with E-state index >= 15 is 0 Å². The molecule has 0 N–H and O–H groups in total. The lowest BCUT2D eigenvalue weighted by Crippen LogP contribution is -1.95. The first-order valence-corrected chi connectivity index (χ1v) is 5.97. The summed E-state index contributed by atoms with van der Waals surface area (Å²) in [6.07, 6.45) is 0. The van der Waals surface area contributed by atoms with Gasteiger partial charge in [-0.3, -0.25) is 0 Å². The Morgan fingerprint density at radius 1 is 1.13 bits per heavy atom. The molecule has 0 spiro atoms. The van der Waals surface area contributed by atoms with Gasteiger partial charge in [0.1, 0.15) is 5.69 Å².